The fourth-order valence-electron chi connectivity index (χ4n) is 3.18. The minimum absolute atomic E-state index is 0.0596. The second-order valence-corrected chi connectivity index (χ2v) is 5.69. The van der Waals surface area contributed by atoms with Gasteiger partial charge >= 0.3 is 5.97 Å². The van der Waals surface area contributed by atoms with Crippen molar-refractivity contribution in [3.63, 3.8) is 0 Å². The van der Waals surface area contributed by atoms with E-state index in [9.17, 15) is 9.59 Å². The van der Waals surface area contributed by atoms with Gasteiger partial charge < -0.3 is 9.64 Å². The lowest BCUT2D eigenvalue weighted by Crippen LogP contribution is -2.44. The molecular formula is C17H20N2O3. The first-order valence-electron chi connectivity index (χ1n) is 7.53. The van der Waals surface area contributed by atoms with Gasteiger partial charge in [-0.3, -0.25) is 14.5 Å². The van der Waals surface area contributed by atoms with Crippen molar-refractivity contribution >= 4 is 11.9 Å². The molecule has 0 aliphatic carbocycles. The van der Waals surface area contributed by atoms with Crippen molar-refractivity contribution in [1.29, 1.82) is 0 Å². The Bertz CT molecular complexity index is 612. The first kappa shape index (κ1) is 14.8. The molecule has 1 aromatic rings. The second kappa shape index (κ2) is 5.93. The van der Waals surface area contributed by atoms with E-state index in [4.69, 9.17) is 4.74 Å². The third kappa shape index (κ3) is 2.52. The molecule has 1 saturated heterocycles. The summed E-state index contributed by atoms with van der Waals surface area (Å²) in [6.45, 7) is 3.32. The van der Waals surface area contributed by atoms with Crippen LogP contribution in [-0.2, 0) is 20.9 Å². The monoisotopic (exact) mass is 300 g/mol. The minimum Gasteiger partial charge on any atom is -0.465 e. The van der Waals surface area contributed by atoms with Gasteiger partial charge in [0.2, 0.25) is 5.91 Å². The van der Waals surface area contributed by atoms with Gasteiger partial charge in [0.25, 0.3) is 0 Å². The lowest BCUT2D eigenvalue weighted by atomic mass is 10.2. The SMILES string of the molecule is CCOC(=O)[C@@H]1C=C2CN(Cc3ccccc3)C(=O)[C@H]2N1C. The molecule has 2 heterocycles. The molecule has 0 bridgehead atoms. The van der Waals surface area contributed by atoms with Crippen LogP contribution in [0.5, 0.6) is 0 Å². The van der Waals surface area contributed by atoms with Crippen LogP contribution in [0.2, 0.25) is 0 Å². The quantitative estimate of drug-likeness (QED) is 0.619. The summed E-state index contributed by atoms with van der Waals surface area (Å²) in [5.74, 6) is -0.223. The van der Waals surface area contributed by atoms with E-state index in [0.29, 0.717) is 19.7 Å². The molecule has 0 N–H and O–H groups in total. The zero-order valence-electron chi connectivity index (χ0n) is 12.9. The molecule has 5 nitrogen and oxygen atoms in total. The van der Waals surface area contributed by atoms with Gasteiger partial charge in [-0.25, -0.2) is 0 Å². The minimum atomic E-state index is -0.442. The molecule has 1 amide bonds. The Labute approximate surface area is 130 Å². The van der Waals surface area contributed by atoms with E-state index in [1.807, 2.05) is 41.3 Å². The number of ether oxygens (including phenoxy) is 1. The van der Waals surface area contributed by atoms with Crippen LogP contribution in [0.4, 0.5) is 0 Å². The number of likely N-dealkylation sites (tertiary alicyclic amines) is 1. The molecule has 22 heavy (non-hydrogen) atoms. The van der Waals surface area contributed by atoms with Crippen LogP contribution in [0.1, 0.15) is 12.5 Å². The largest absolute Gasteiger partial charge is 0.465 e. The van der Waals surface area contributed by atoms with Gasteiger partial charge in [0.15, 0.2) is 0 Å². The van der Waals surface area contributed by atoms with Gasteiger partial charge in [0.1, 0.15) is 12.1 Å². The molecule has 0 aromatic heterocycles. The van der Waals surface area contributed by atoms with E-state index < -0.39 is 6.04 Å². The Morgan fingerprint density at radius 2 is 2.05 bits per heavy atom. The Morgan fingerprint density at radius 1 is 1.32 bits per heavy atom. The van der Waals surface area contributed by atoms with E-state index in [-0.39, 0.29) is 17.9 Å². The van der Waals surface area contributed by atoms with Crippen molar-refractivity contribution in [2.45, 2.75) is 25.6 Å². The number of nitrogens with zero attached hydrogens (tertiary/aromatic N) is 2. The van der Waals surface area contributed by atoms with Crippen molar-refractivity contribution in [3.8, 4) is 0 Å². The number of rotatable bonds is 4. The number of amides is 1. The number of esters is 1. The molecule has 2 aliphatic heterocycles. The van der Waals surface area contributed by atoms with Crippen LogP contribution in [0.3, 0.4) is 0 Å². The van der Waals surface area contributed by atoms with Crippen LogP contribution >= 0.6 is 0 Å². The molecule has 5 heteroatoms. The van der Waals surface area contributed by atoms with Crippen molar-refractivity contribution in [2.24, 2.45) is 0 Å². The Hall–Kier alpha value is -2.14. The highest BCUT2D eigenvalue weighted by molar-refractivity contribution is 5.92. The van der Waals surface area contributed by atoms with Gasteiger partial charge in [-0.2, -0.15) is 0 Å². The fourth-order valence-corrected chi connectivity index (χ4v) is 3.18. The standard InChI is InChI=1S/C17H20N2O3/c1-3-22-17(21)14-9-13-11-19(16(20)15(13)18(14)2)10-12-7-5-4-6-8-12/h4-9,14-15H,3,10-11H2,1-2H3/t14-,15-/m0/s1. The maximum atomic E-state index is 12.6. The highest BCUT2D eigenvalue weighted by atomic mass is 16.5. The summed E-state index contributed by atoms with van der Waals surface area (Å²) in [6.07, 6.45) is 1.88. The summed E-state index contributed by atoms with van der Waals surface area (Å²) in [5.41, 5.74) is 2.11. The number of hydrogen-bond donors (Lipinski definition) is 0. The van der Waals surface area contributed by atoms with E-state index in [0.717, 1.165) is 11.1 Å². The van der Waals surface area contributed by atoms with Crippen LogP contribution in [0, 0.1) is 0 Å². The normalized spacial score (nSPS) is 24.4. The van der Waals surface area contributed by atoms with Crippen molar-refractivity contribution < 1.29 is 14.3 Å². The molecule has 2 atom stereocenters. The van der Waals surface area contributed by atoms with Crippen molar-refractivity contribution in [2.75, 3.05) is 20.2 Å². The third-order valence-corrected chi connectivity index (χ3v) is 4.23. The molecule has 0 unspecified atom stereocenters. The topological polar surface area (TPSA) is 49.9 Å². The molecule has 3 rings (SSSR count). The predicted octanol–water partition coefficient (Wildman–Crippen LogP) is 1.20. The summed E-state index contributed by atoms with van der Waals surface area (Å²) in [4.78, 5) is 28.2. The molecule has 0 saturated carbocycles. The zero-order valence-corrected chi connectivity index (χ0v) is 12.9. The predicted molar refractivity (Wildman–Crippen MR) is 81.9 cm³/mol. The van der Waals surface area contributed by atoms with Crippen molar-refractivity contribution in [3.05, 3.63) is 47.5 Å². The number of fused-ring (bicyclic) bond motifs is 1. The Balaban J connectivity index is 1.74. The summed E-state index contributed by atoms with van der Waals surface area (Å²) in [5, 5.41) is 0. The average Bonchev–Trinajstić information content (AvgIpc) is 2.99. The molecule has 0 radical (unpaired) electrons. The van der Waals surface area contributed by atoms with E-state index in [1.165, 1.54) is 0 Å². The van der Waals surface area contributed by atoms with E-state index in [2.05, 4.69) is 0 Å². The van der Waals surface area contributed by atoms with E-state index in [1.54, 1.807) is 18.9 Å². The van der Waals surface area contributed by atoms with Gasteiger partial charge in [-0.15, -0.1) is 0 Å². The summed E-state index contributed by atoms with van der Waals surface area (Å²) >= 11 is 0. The third-order valence-electron chi connectivity index (χ3n) is 4.23. The molecular weight excluding hydrogens is 280 g/mol. The van der Waals surface area contributed by atoms with E-state index >= 15 is 0 Å². The molecule has 2 aliphatic rings. The molecule has 116 valence electrons. The highest BCUT2D eigenvalue weighted by Gasteiger charge is 2.46. The van der Waals surface area contributed by atoms with Crippen molar-refractivity contribution in [1.82, 2.24) is 9.80 Å². The number of carbonyl (C=O) groups excluding carboxylic acids is 2. The Morgan fingerprint density at radius 3 is 2.68 bits per heavy atom. The van der Waals surface area contributed by atoms with Crippen LogP contribution in [0.25, 0.3) is 0 Å². The van der Waals surface area contributed by atoms with Gasteiger partial charge in [0.05, 0.1) is 6.61 Å². The smallest absolute Gasteiger partial charge is 0.327 e. The number of benzene rings is 1. The molecule has 1 aromatic carbocycles. The fraction of sp³-hybridized carbons (Fsp3) is 0.412. The highest BCUT2D eigenvalue weighted by Crippen LogP contribution is 2.31. The lowest BCUT2D eigenvalue weighted by Gasteiger charge is -2.24. The molecule has 0 spiro atoms. The summed E-state index contributed by atoms with van der Waals surface area (Å²) in [6, 6.07) is 9.17. The second-order valence-electron chi connectivity index (χ2n) is 5.69. The summed E-state index contributed by atoms with van der Waals surface area (Å²) < 4.78 is 5.07. The maximum absolute atomic E-state index is 12.6. The first-order valence-corrected chi connectivity index (χ1v) is 7.53. The van der Waals surface area contributed by atoms with Gasteiger partial charge in [-0.05, 0) is 25.1 Å². The average molecular weight is 300 g/mol. The number of likely N-dealkylation sites (N-methyl/N-ethyl adjacent to an activating group) is 1. The zero-order chi connectivity index (χ0) is 15.7. The van der Waals surface area contributed by atoms with Gasteiger partial charge in [-0.1, -0.05) is 36.4 Å². The lowest BCUT2D eigenvalue weighted by molar-refractivity contribution is -0.147. The maximum Gasteiger partial charge on any atom is 0.327 e. The number of carbonyl (C=O) groups is 2. The van der Waals surface area contributed by atoms with Crippen LogP contribution in [-0.4, -0.2) is 54.0 Å². The van der Waals surface area contributed by atoms with Crippen LogP contribution in [0.15, 0.2) is 42.0 Å². The van der Waals surface area contributed by atoms with Crippen LogP contribution < -0.4 is 0 Å². The van der Waals surface area contributed by atoms with Gasteiger partial charge in [0, 0.05) is 13.1 Å². The number of hydrogen-bond acceptors (Lipinski definition) is 4. The Kier molecular flexibility index (Phi) is 3.98. The summed E-state index contributed by atoms with van der Waals surface area (Å²) in [7, 11) is 1.81. The first-order chi connectivity index (χ1) is 10.6. The molecule has 1 fully saturated rings.